The number of hydrogen-bond acceptors (Lipinski definition) is 4. The predicted molar refractivity (Wildman–Crippen MR) is 101 cm³/mol. The Hall–Kier alpha value is -0.750. The van der Waals surface area contributed by atoms with E-state index in [1.165, 1.54) is 12.4 Å². The number of carbonyl (C=O) groups excluding carboxylic acids is 1. The number of carbonyl (C=O) groups is 1. The van der Waals surface area contributed by atoms with Crippen LogP contribution in [0.3, 0.4) is 0 Å². The minimum Gasteiger partial charge on any atom is -0.506 e. The standard InChI is InChI=1S/C13H8BrI2N3O2/c14-9-1-8(4-17-6-9)13(21)19-18-5-7-2-10(15)3-11(16)12(7)20/h1-6,20H,(H,19,21)/b18-5+. The number of benzene rings is 1. The van der Waals surface area contributed by atoms with E-state index in [0.29, 0.717) is 15.6 Å². The first-order chi connectivity index (χ1) is 9.97. The molecule has 1 heterocycles. The second kappa shape index (κ2) is 7.49. The van der Waals surface area contributed by atoms with E-state index >= 15 is 0 Å². The Morgan fingerprint density at radius 2 is 2.10 bits per heavy atom. The lowest BCUT2D eigenvalue weighted by Crippen LogP contribution is -2.17. The first-order valence-electron chi connectivity index (χ1n) is 5.59. The van der Waals surface area contributed by atoms with Crippen LogP contribution >= 0.6 is 61.1 Å². The van der Waals surface area contributed by atoms with Crippen molar-refractivity contribution in [1.82, 2.24) is 10.4 Å². The molecule has 0 radical (unpaired) electrons. The van der Waals surface area contributed by atoms with Crippen LogP contribution in [0.4, 0.5) is 0 Å². The van der Waals surface area contributed by atoms with Crippen LogP contribution in [0, 0.1) is 7.14 Å². The van der Waals surface area contributed by atoms with Gasteiger partial charge < -0.3 is 5.11 Å². The number of nitrogens with one attached hydrogen (secondary N) is 1. The fraction of sp³-hybridized carbons (Fsp3) is 0. The molecule has 8 heteroatoms. The first-order valence-corrected chi connectivity index (χ1v) is 8.54. The number of aromatic nitrogens is 1. The Kier molecular flexibility index (Phi) is 5.93. The molecule has 108 valence electrons. The summed E-state index contributed by atoms with van der Waals surface area (Å²) in [5.41, 5.74) is 3.33. The molecule has 1 amide bonds. The van der Waals surface area contributed by atoms with Crippen molar-refractivity contribution in [3.63, 3.8) is 0 Å². The van der Waals surface area contributed by atoms with Gasteiger partial charge in [-0.1, -0.05) is 0 Å². The molecule has 2 rings (SSSR count). The quantitative estimate of drug-likeness (QED) is 0.336. The van der Waals surface area contributed by atoms with Gasteiger partial charge in [-0.15, -0.1) is 0 Å². The van der Waals surface area contributed by atoms with Crippen molar-refractivity contribution in [2.75, 3.05) is 0 Å². The summed E-state index contributed by atoms with van der Waals surface area (Å²) >= 11 is 7.43. The Balaban J connectivity index is 2.11. The molecule has 0 aliphatic rings. The molecular formula is C13H8BrI2N3O2. The molecule has 2 N–H and O–H groups in total. The van der Waals surface area contributed by atoms with Crippen molar-refractivity contribution >= 4 is 73.2 Å². The minimum atomic E-state index is -0.375. The smallest absolute Gasteiger partial charge is 0.272 e. The first kappa shape index (κ1) is 16.6. The molecule has 0 saturated heterocycles. The van der Waals surface area contributed by atoms with Crippen molar-refractivity contribution in [2.24, 2.45) is 5.10 Å². The van der Waals surface area contributed by atoms with E-state index in [4.69, 9.17) is 0 Å². The largest absolute Gasteiger partial charge is 0.506 e. The highest BCUT2D eigenvalue weighted by atomic mass is 127. The van der Waals surface area contributed by atoms with Crippen LogP contribution in [0.5, 0.6) is 5.75 Å². The summed E-state index contributed by atoms with van der Waals surface area (Å²) in [6.45, 7) is 0. The van der Waals surface area contributed by atoms with E-state index in [1.807, 2.05) is 28.7 Å². The van der Waals surface area contributed by atoms with E-state index in [1.54, 1.807) is 18.3 Å². The summed E-state index contributed by atoms with van der Waals surface area (Å²) in [4.78, 5) is 15.8. The fourth-order valence-electron chi connectivity index (χ4n) is 1.45. The number of halogens is 3. The highest BCUT2D eigenvalue weighted by Gasteiger charge is 2.07. The van der Waals surface area contributed by atoms with Gasteiger partial charge in [-0.05, 0) is 79.3 Å². The minimum absolute atomic E-state index is 0.137. The van der Waals surface area contributed by atoms with Gasteiger partial charge in [0.2, 0.25) is 0 Å². The second-order valence-electron chi connectivity index (χ2n) is 3.92. The average molecular weight is 572 g/mol. The van der Waals surface area contributed by atoms with Crippen LogP contribution in [0.1, 0.15) is 15.9 Å². The van der Waals surface area contributed by atoms with E-state index in [2.05, 4.69) is 54.0 Å². The molecule has 1 aromatic heterocycles. The average Bonchev–Trinajstić information content (AvgIpc) is 2.43. The highest BCUT2D eigenvalue weighted by molar-refractivity contribution is 14.1. The number of nitrogens with zero attached hydrogens (tertiary/aromatic N) is 2. The molecule has 1 aromatic carbocycles. The molecule has 0 bridgehead atoms. The number of pyridine rings is 1. The number of amides is 1. The van der Waals surface area contributed by atoms with E-state index < -0.39 is 0 Å². The normalized spacial score (nSPS) is 10.8. The maximum Gasteiger partial charge on any atom is 0.272 e. The molecule has 0 fully saturated rings. The Bertz CT molecular complexity index is 723. The number of hydrogen-bond donors (Lipinski definition) is 2. The van der Waals surface area contributed by atoms with Gasteiger partial charge in [-0.3, -0.25) is 9.78 Å². The zero-order valence-electron chi connectivity index (χ0n) is 10.3. The highest BCUT2D eigenvalue weighted by Crippen LogP contribution is 2.25. The maximum atomic E-state index is 11.9. The molecule has 21 heavy (non-hydrogen) atoms. The maximum absolute atomic E-state index is 11.9. The Morgan fingerprint density at radius 1 is 1.33 bits per heavy atom. The molecule has 2 aromatic rings. The molecule has 0 aliphatic heterocycles. The lowest BCUT2D eigenvalue weighted by atomic mass is 10.2. The van der Waals surface area contributed by atoms with E-state index in [9.17, 15) is 9.90 Å². The topological polar surface area (TPSA) is 74.6 Å². The van der Waals surface area contributed by atoms with Gasteiger partial charge in [-0.2, -0.15) is 5.10 Å². The molecule has 0 spiro atoms. The van der Waals surface area contributed by atoms with Gasteiger partial charge in [0, 0.05) is 26.0 Å². The summed E-state index contributed by atoms with van der Waals surface area (Å²) in [6.07, 6.45) is 4.44. The van der Waals surface area contributed by atoms with Crippen molar-refractivity contribution < 1.29 is 9.90 Å². The number of rotatable bonds is 3. The lowest BCUT2D eigenvalue weighted by molar-refractivity contribution is 0.0954. The van der Waals surface area contributed by atoms with Crippen LogP contribution in [0.25, 0.3) is 0 Å². The molecule has 0 unspecified atom stereocenters. The van der Waals surface area contributed by atoms with Gasteiger partial charge in [0.25, 0.3) is 5.91 Å². The van der Waals surface area contributed by atoms with Gasteiger partial charge in [0.1, 0.15) is 5.75 Å². The van der Waals surface area contributed by atoms with Gasteiger partial charge in [0.05, 0.1) is 15.3 Å². The van der Waals surface area contributed by atoms with Crippen molar-refractivity contribution in [1.29, 1.82) is 0 Å². The molecular weight excluding hydrogens is 564 g/mol. The SMILES string of the molecule is O=C(N/N=C/c1cc(I)cc(I)c1O)c1cncc(Br)c1. The molecule has 5 nitrogen and oxygen atoms in total. The third-order valence-electron chi connectivity index (χ3n) is 2.39. The zero-order valence-corrected chi connectivity index (χ0v) is 16.2. The van der Waals surface area contributed by atoms with Crippen LogP contribution in [-0.4, -0.2) is 22.2 Å². The molecule has 0 aliphatic carbocycles. The second-order valence-corrected chi connectivity index (χ2v) is 7.24. The van der Waals surface area contributed by atoms with E-state index in [0.717, 1.165) is 7.14 Å². The third kappa shape index (κ3) is 4.61. The summed E-state index contributed by atoms with van der Waals surface area (Å²) in [7, 11) is 0. The number of phenols is 1. The summed E-state index contributed by atoms with van der Waals surface area (Å²) < 4.78 is 2.41. The number of hydrazone groups is 1. The number of aromatic hydroxyl groups is 1. The summed E-state index contributed by atoms with van der Waals surface area (Å²) in [6, 6.07) is 5.26. The van der Waals surface area contributed by atoms with Crippen LogP contribution in [0.15, 0.2) is 40.2 Å². The van der Waals surface area contributed by atoms with Gasteiger partial charge >= 0.3 is 0 Å². The van der Waals surface area contributed by atoms with Crippen LogP contribution in [-0.2, 0) is 0 Å². The van der Waals surface area contributed by atoms with E-state index in [-0.39, 0.29) is 11.7 Å². The fourth-order valence-corrected chi connectivity index (χ4v) is 3.70. The summed E-state index contributed by atoms with van der Waals surface area (Å²) in [5.74, 6) is -0.238. The van der Waals surface area contributed by atoms with Crippen LogP contribution < -0.4 is 5.43 Å². The monoisotopic (exact) mass is 571 g/mol. The van der Waals surface area contributed by atoms with Crippen LogP contribution in [0.2, 0.25) is 0 Å². The van der Waals surface area contributed by atoms with Crippen molar-refractivity contribution in [3.05, 3.63) is 53.3 Å². The zero-order chi connectivity index (χ0) is 15.4. The van der Waals surface area contributed by atoms with Crippen molar-refractivity contribution in [3.8, 4) is 5.75 Å². The van der Waals surface area contributed by atoms with Gasteiger partial charge in [0.15, 0.2) is 0 Å². The lowest BCUT2D eigenvalue weighted by Gasteiger charge is -2.03. The van der Waals surface area contributed by atoms with Gasteiger partial charge in [-0.25, -0.2) is 5.43 Å². The number of phenolic OH excluding ortho intramolecular Hbond substituents is 1. The summed E-state index contributed by atoms with van der Waals surface area (Å²) in [5, 5.41) is 13.8. The Morgan fingerprint density at radius 3 is 2.81 bits per heavy atom. The molecule has 0 atom stereocenters. The molecule has 0 saturated carbocycles. The van der Waals surface area contributed by atoms with Crippen molar-refractivity contribution in [2.45, 2.75) is 0 Å². The Labute approximate surface area is 156 Å². The third-order valence-corrected chi connectivity index (χ3v) is 4.27. The predicted octanol–water partition coefficient (Wildman–Crippen LogP) is 3.52.